The summed E-state index contributed by atoms with van der Waals surface area (Å²) in [6.07, 6.45) is 3.26. The van der Waals surface area contributed by atoms with Crippen LogP contribution in [0.1, 0.15) is 130 Å². The van der Waals surface area contributed by atoms with Gasteiger partial charge in [-0.25, -0.2) is 14.4 Å². The minimum atomic E-state index is -0.790. The molecular weight excluding hydrogens is 1520 g/mol. The summed E-state index contributed by atoms with van der Waals surface area (Å²) in [5, 5.41) is 32.4. The number of nitrogens with zero attached hydrogens (tertiary/aromatic N) is 3. The fourth-order valence-corrected chi connectivity index (χ4v) is 15.5. The van der Waals surface area contributed by atoms with E-state index in [4.69, 9.17) is 18.9 Å². The summed E-state index contributed by atoms with van der Waals surface area (Å²) >= 11 is 0. The van der Waals surface area contributed by atoms with Crippen molar-refractivity contribution in [2.24, 2.45) is 0 Å². The minimum Gasteiger partial charge on any atom is -0.449 e. The number of fused-ring (bicyclic) bond motifs is 30. The first-order chi connectivity index (χ1) is 58.0. The van der Waals surface area contributed by atoms with E-state index in [1.54, 1.807) is 88.9 Å². The summed E-state index contributed by atoms with van der Waals surface area (Å²) in [7, 11) is 1.60. The molecule has 12 bridgehead atoms. The molecule has 26 heteroatoms. The largest absolute Gasteiger partial charge is 0.449 e. The molecule has 0 spiro atoms. The molecule has 6 atom stereocenters. The third-order valence-corrected chi connectivity index (χ3v) is 21.8. The Labute approximate surface area is 693 Å². The number of rotatable bonds is 12. The molecule has 0 unspecified atom stereocenters. The summed E-state index contributed by atoms with van der Waals surface area (Å²) in [5.74, 6) is -0.633. The van der Waals surface area contributed by atoms with Crippen molar-refractivity contribution in [2.45, 2.75) is 104 Å². The maximum atomic E-state index is 14.3. The van der Waals surface area contributed by atoms with Gasteiger partial charge in [0.15, 0.2) is 0 Å². The summed E-state index contributed by atoms with van der Waals surface area (Å²) in [4.78, 5) is 131. The van der Waals surface area contributed by atoms with E-state index < -0.39 is 36.4 Å². The Hall–Kier alpha value is -13.9. The highest BCUT2D eigenvalue weighted by atomic mass is 16.6. The predicted molar refractivity (Wildman–Crippen MR) is 467 cm³/mol. The number of benzene rings is 9. The van der Waals surface area contributed by atoms with Gasteiger partial charge >= 0.3 is 18.3 Å². The molecule has 0 saturated heterocycles. The van der Waals surface area contributed by atoms with Gasteiger partial charge in [-0.15, -0.1) is 0 Å². The number of nitrogens with one attached hydrogen (secondary N) is 9. The number of carbonyl (C=O) groups excluding carboxylic acids is 6. The Balaban J connectivity index is 0.000000156. The van der Waals surface area contributed by atoms with Crippen molar-refractivity contribution in [3.8, 4) is 0 Å². The number of aromatic amines is 3. The molecule has 12 aromatic rings. The van der Waals surface area contributed by atoms with Crippen LogP contribution in [0.15, 0.2) is 233 Å². The monoisotopic (exact) mass is 1620 g/mol. The molecule has 9 heterocycles. The average Bonchev–Trinajstić information content (AvgIpc) is 0.802. The molecule has 120 heavy (non-hydrogen) atoms. The van der Waals surface area contributed by atoms with Crippen LogP contribution in [0.2, 0.25) is 0 Å². The fraction of sp³-hybridized carbons (Fsp3) is 0.266. The lowest BCUT2D eigenvalue weighted by molar-refractivity contribution is -0.134. The molecular formula is C94H98N12O14. The number of H-pyrrole nitrogens is 3. The Morgan fingerprint density at radius 2 is 0.725 bits per heavy atom. The zero-order valence-corrected chi connectivity index (χ0v) is 68.1. The van der Waals surface area contributed by atoms with Crippen molar-refractivity contribution in [2.75, 3.05) is 91.7 Å². The SMILES string of the molecule is CCN1Cc2cccc(c2)NC(=O)OC[C@H](C)c2ccc(cc2C)[C@@H](Nc2ccc3cc[nH]c(=O)c3c2)C1=O.COCCN1Cc2cccc(c2)NC(=O)OC[C@H](C)c2ccc(cc2C)[C@@H](Nc2ccc3cc[nH]c(=O)c3c2)C1=O.Cc1cc2ccc1[C@@H](C)COC(=O)Nc1cccc(c1)CN(CCO)C(=O)[C@@H]2Nc1ccc2cc[nH]c(=O)c2c1. The molecule has 6 aliphatic heterocycles. The summed E-state index contributed by atoms with van der Waals surface area (Å²) < 4.78 is 21.9. The molecule has 18 rings (SSSR count). The minimum absolute atomic E-state index is 0.0366. The summed E-state index contributed by atoms with van der Waals surface area (Å²) in [6, 6.07) is 59.4. The Bertz CT molecular complexity index is 5990. The van der Waals surface area contributed by atoms with Crippen molar-refractivity contribution >= 4 is 102 Å². The van der Waals surface area contributed by atoms with E-state index in [0.717, 1.165) is 82.9 Å². The zero-order valence-electron chi connectivity index (χ0n) is 68.1. The second-order valence-electron chi connectivity index (χ2n) is 30.5. The molecule has 0 radical (unpaired) electrons. The number of methoxy groups -OCH3 is 1. The normalized spacial score (nSPS) is 17.9. The highest BCUT2D eigenvalue weighted by Crippen LogP contribution is 2.35. The zero-order chi connectivity index (χ0) is 84.7. The van der Waals surface area contributed by atoms with E-state index in [-0.39, 0.29) is 91.7 Å². The average molecular weight is 1620 g/mol. The van der Waals surface area contributed by atoms with Gasteiger partial charge in [-0.3, -0.25) is 44.7 Å². The van der Waals surface area contributed by atoms with E-state index in [9.17, 15) is 48.3 Å². The first-order valence-electron chi connectivity index (χ1n) is 40.0. The molecule has 0 aliphatic carbocycles. The molecule has 0 saturated carbocycles. The summed E-state index contributed by atoms with van der Waals surface area (Å²) in [6.45, 7) is 16.5. The molecule has 10 N–H and O–H groups in total. The number of aromatic nitrogens is 3. The number of anilines is 6. The topological polar surface area (TPSA) is 340 Å². The second kappa shape index (κ2) is 38.5. The first kappa shape index (κ1) is 84.1. The van der Waals surface area contributed by atoms with Gasteiger partial charge in [0, 0.05) is 133 Å². The number of likely N-dealkylation sites (N-methyl/N-ethyl adjacent to an activating group) is 1. The fourth-order valence-electron chi connectivity index (χ4n) is 15.5. The van der Waals surface area contributed by atoms with E-state index >= 15 is 0 Å². The molecule has 618 valence electrons. The van der Waals surface area contributed by atoms with Gasteiger partial charge in [0.25, 0.3) is 16.7 Å². The smallest absolute Gasteiger partial charge is 0.411 e. The summed E-state index contributed by atoms with van der Waals surface area (Å²) in [5.41, 5.74) is 13.9. The van der Waals surface area contributed by atoms with Crippen molar-refractivity contribution < 1.29 is 52.8 Å². The number of hydrogen-bond donors (Lipinski definition) is 10. The van der Waals surface area contributed by atoms with Crippen molar-refractivity contribution in [1.29, 1.82) is 0 Å². The third-order valence-electron chi connectivity index (χ3n) is 21.8. The van der Waals surface area contributed by atoms with Crippen LogP contribution in [0.3, 0.4) is 0 Å². The Kier molecular flexibility index (Phi) is 27.0. The van der Waals surface area contributed by atoms with Gasteiger partial charge in [0.1, 0.15) is 18.1 Å². The number of carbonyl (C=O) groups is 6. The van der Waals surface area contributed by atoms with Gasteiger partial charge in [-0.05, 0) is 202 Å². The van der Waals surface area contributed by atoms with Gasteiger partial charge in [-0.1, -0.05) is 130 Å². The highest BCUT2D eigenvalue weighted by molar-refractivity contribution is 5.93. The van der Waals surface area contributed by atoms with E-state index in [1.807, 2.05) is 200 Å². The maximum Gasteiger partial charge on any atom is 0.411 e. The highest BCUT2D eigenvalue weighted by Gasteiger charge is 2.32. The van der Waals surface area contributed by atoms with Gasteiger partial charge in [0.2, 0.25) is 17.7 Å². The molecule has 26 nitrogen and oxygen atoms in total. The second-order valence-corrected chi connectivity index (χ2v) is 30.5. The maximum absolute atomic E-state index is 14.3. The lowest BCUT2D eigenvalue weighted by atomic mass is 9.92. The van der Waals surface area contributed by atoms with Crippen LogP contribution in [0.5, 0.6) is 0 Å². The molecule has 0 fully saturated rings. The van der Waals surface area contributed by atoms with Crippen LogP contribution in [0, 0.1) is 20.8 Å². The van der Waals surface area contributed by atoms with Crippen LogP contribution in [-0.4, -0.2) is 131 Å². The van der Waals surface area contributed by atoms with Crippen molar-refractivity contribution in [3.05, 3.63) is 317 Å². The first-order valence-corrected chi connectivity index (χ1v) is 40.0. The van der Waals surface area contributed by atoms with Gasteiger partial charge < -0.3 is 69.7 Å². The number of aryl methyl sites for hydroxylation is 3. The molecule has 3 aromatic heterocycles. The standard InChI is InChI=1S/C32H34N4O5.C31H32N4O5.C31H32N4O4/c1-20-15-24-8-10-27(20)21(2)19-41-32(39)35-25-6-4-5-22(16-25)18-36(13-14-40-3)31(38)29(24)34-26-9-7-23-11-12-33-30(37)28(23)17-26;1-19-14-23-7-9-26(19)20(2)18-40-31(39)34-24-5-3-4-21(15-24)17-35(12-13-36)30(38)28(23)33-25-8-6-22-10-11-32-29(37)27(22)16-25;1-4-35-17-21-6-5-7-24(15-21)34-31(38)39-18-20(3)26-11-9-23(14-19(26)2)28(30(35)37)33-25-10-8-22-12-13-32-29(36)27(22)16-25/h4-12,15-17,21,29,34H,13-14,18-19H2,1-3H3,(H,33,37)(H,35,39);3-11,14-16,20,28,33,36H,12-13,17-18H2,1-2H3,(H,32,37)(H,34,39);5-16,20,28,33H,4,17-18H2,1-3H3,(H,32,36)(H,34,38)/t21-,29+;2*20-,28+/m000/s1. The number of aliphatic hydroxyl groups is 1. The lowest BCUT2D eigenvalue weighted by Gasteiger charge is -2.30. The predicted octanol–water partition coefficient (Wildman–Crippen LogP) is 15.7. The number of hydrogen-bond acceptors (Lipinski definition) is 17. The molecule has 6 amide bonds. The van der Waals surface area contributed by atoms with Crippen LogP contribution >= 0.6 is 0 Å². The molecule has 6 aliphatic rings. The number of aliphatic hydroxyl groups excluding tert-OH is 1. The number of amides is 6. The van der Waals surface area contributed by atoms with Gasteiger partial charge in [0.05, 0.1) is 33.0 Å². The number of ether oxygens (including phenoxy) is 4. The Morgan fingerprint density at radius 3 is 1.04 bits per heavy atom. The van der Waals surface area contributed by atoms with Crippen LogP contribution in [0.25, 0.3) is 32.3 Å². The van der Waals surface area contributed by atoms with Crippen LogP contribution in [0.4, 0.5) is 48.5 Å². The molecule has 9 aromatic carbocycles. The van der Waals surface area contributed by atoms with E-state index in [2.05, 4.69) is 46.9 Å². The van der Waals surface area contributed by atoms with E-state index in [1.165, 1.54) is 0 Å². The quantitative estimate of drug-likeness (QED) is 0.0508. The van der Waals surface area contributed by atoms with Crippen LogP contribution in [-0.2, 0) is 53.0 Å². The van der Waals surface area contributed by atoms with Crippen LogP contribution < -0.4 is 48.6 Å². The number of pyridine rings is 3. The van der Waals surface area contributed by atoms with Gasteiger partial charge in [-0.2, -0.15) is 0 Å². The lowest BCUT2D eigenvalue weighted by Crippen LogP contribution is -2.39. The van der Waals surface area contributed by atoms with E-state index in [0.29, 0.717) is 83.1 Å². The Morgan fingerprint density at radius 1 is 0.400 bits per heavy atom. The third kappa shape index (κ3) is 20.6. The van der Waals surface area contributed by atoms with Crippen molar-refractivity contribution in [3.63, 3.8) is 0 Å². The van der Waals surface area contributed by atoms with Crippen molar-refractivity contribution in [1.82, 2.24) is 29.7 Å².